The van der Waals surface area contributed by atoms with Crippen LogP contribution >= 0.6 is 12.2 Å². The lowest BCUT2D eigenvalue weighted by atomic mass is 10.1. The van der Waals surface area contributed by atoms with Gasteiger partial charge in [0.2, 0.25) is 0 Å². The number of hydrogen-bond acceptors (Lipinski definition) is 4. The van der Waals surface area contributed by atoms with E-state index in [1.54, 1.807) is 25.2 Å². The molecule has 0 spiro atoms. The number of anilines is 2. The summed E-state index contributed by atoms with van der Waals surface area (Å²) < 4.78 is 1.69. The molecule has 1 heterocycles. The largest absolute Gasteiger partial charge is 0.369 e. The fourth-order valence-corrected chi connectivity index (χ4v) is 3.43. The van der Waals surface area contributed by atoms with E-state index < -0.39 is 0 Å². The number of H-pyrrole nitrogens is 1. The number of hydrogen-bond donors (Lipinski definition) is 2. The van der Waals surface area contributed by atoms with Gasteiger partial charge in [0.25, 0.3) is 11.5 Å². The molecule has 3 aromatic rings. The van der Waals surface area contributed by atoms with Crippen molar-refractivity contribution < 1.29 is 4.79 Å². The summed E-state index contributed by atoms with van der Waals surface area (Å²) in [6.07, 6.45) is 0. The van der Waals surface area contributed by atoms with Crippen LogP contribution in [-0.4, -0.2) is 28.0 Å². The SMILES string of the molecule is CCN(c1ccc(NC(=O)c2ccc3c(=O)n(C)c(=S)[nH]c3c2)cc1)C(C)C. The molecule has 0 unspecified atom stereocenters. The average Bonchev–Trinajstić information content (AvgIpc) is 2.67. The lowest BCUT2D eigenvalue weighted by molar-refractivity contribution is 0.102. The van der Waals surface area contributed by atoms with Gasteiger partial charge in [0.05, 0.1) is 10.9 Å². The zero-order valence-electron chi connectivity index (χ0n) is 16.4. The summed E-state index contributed by atoms with van der Waals surface area (Å²) in [5.74, 6) is -0.245. The molecule has 7 heteroatoms. The van der Waals surface area contributed by atoms with E-state index in [0.29, 0.717) is 33.0 Å². The predicted molar refractivity (Wildman–Crippen MR) is 117 cm³/mol. The van der Waals surface area contributed by atoms with E-state index in [1.165, 1.54) is 4.57 Å². The lowest BCUT2D eigenvalue weighted by Crippen LogP contribution is -2.30. The molecule has 0 fully saturated rings. The zero-order valence-corrected chi connectivity index (χ0v) is 17.3. The number of nitrogens with one attached hydrogen (secondary N) is 2. The molecule has 1 amide bonds. The summed E-state index contributed by atoms with van der Waals surface area (Å²) >= 11 is 5.15. The molecule has 0 radical (unpaired) electrons. The van der Waals surface area contributed by atoms with Gasteiger partial charge in [-0.2, -0.15) is 0 Å². The predicted octanol–water partition coefficient (Wildman–Crippen LogP) is 4.08. The van der Waals surface area contributed by atoms with Gasteiger partial charge in [-0.25, -0.2) is 0 Å². The molecule has 2 aromatic carbocycles. The number of aromatic amines is 1. The van der Waals surface area contributed by atoms with Crippen molar-refractivity contribution in [3.05, 3.63) is 63.2 Å². The van der Waals surface area contributed by atoms with E-state index in [4.69, 9.17) is 12.2 Å². The quantitative estimate of drug-likeness (QED) is 0.638. The Balaban J connectivity index is 1.84. The summed E-state index contributed by atoms with van der Waals surface area (Å²) in [5, 5.41) is 3.39. The molecule has 0 aliphatic heterocycles. The topological polar surface area (TPSA) is 70.1 Å². The van der Waals surface area contributed by atoms with Crippen molar-refractivity contribution in [2.24, 2.45) is 7.05 Å². The molecule has 1 aromatic heterocycles. The maximum atomic E-state index is 12.6. The molecule has 0 aliphatic rings. The number of amides is 1. The van der Waals surface area contributed by atoms with Gasteiger partial charge in [0.1, 0.15) is 0 Å². The molecule has 3 rings (SSSR count). The van der Waals surface area contributed by atoms with Crippen molar-refractivity contribution in [1.82, 2.24) is 9.55 Å². The lowest BCUT2D eigenvalue weighted by Gasteiger charge is -2.27. The number of benzene rings is 2. The van der Waals surface area contributed by atoms with Crippen molar-refractivity contribution in [3.8, 4) is 0 Å². The Bertz CT molecular complexity index is 1130. The van der Waals surface area contributed by atoms with Crippen LogP contribution in [-0.2, 0) is 7.05 Å². The molecule has 0 atom stereocenters. The minimum atomic E-state index is -0.245. The highest BCUT2D eigenvalue weighted by Gasteiger charge is 2.11. The van der Waals surface area contributed by atoms with E-state index in [2.05, 4.69) is 36.0 Å². The van der Waals surface area contributed by atoms with Crippen LogP contribution in [0.1, 0.15) is 31.1 Å². The smallest absolute Gasteiger partial charge is 0.261 e. The fourth-order valence-electron chi connectivity index (χ4n) is 3.23. The molecule has 0 bridgehead atoms. The summed E-state index contributed by atoms with van der Waals surface area (Å²) in [7, 11) is 1.61. The Labute approximate surface area is 168 Å². The van der Waals surface area contributed by atoms with Crippen LogP contribution < -0.4 is 15.8 Å². The third kappa shape index (κ3) is 3.84. The van der Waals surface area contributed by atoms with E-state index >= 15 is 0 Å². The summed E-state index contributed by atoms with van der Waals surface area (Å²) in [6.45, 7) is 7.34. The molecule has 0 saturated heterocycles. The number of carbonyl (C=O) groups is 1. The second kappa shape index (κ2) is 7.98. The fraction of sp³-hybridized carbons (Fsp3) is 0.286. The van der Waals surface area contributed by atoms with Gasteiger partial charge in [0.15, 0.2) is 4.77 Å². The first-order valence-corrected chi connectivity index (χ1v) is 9.63. The molecule has 146 valence electrons. The number of nitrogens with zero attached hydrogens (tertiary/aromatic N) is 2. The Hall–Kier alpha value is -2.93. The molecule has 0 aliphatic carbocycles. The van der Waals surface area contributed by atoms with E-state index in [0.717, 1.165) is 12.2 Å². The highest BCUT2D eigenvalue weighted by Crippen LogP contribution is 2.20. The first kappa shape index (κ1) is 19.8. The highest BCUT2D eigenvalue weighted by molar-refractivity contribution is 7.71. The minimum absolute atomic E-state index is 0.188. The van der Waals surface area contributed by atoms with Crippen LogP contribution in [0.2, 0.25) is 0 Å². The number of aromatic nitrogens is 2. The standard InChI is InChI=1S/C21H24N4O2S/c1-5-25(13(2)3)16-9-7-15(8-10-16)22-19(26)14-6-11-17-18(12-14)23-21(28)24(4)20(17)27/h6-13H,5H2,1-4H3,(H,22,26)(H,23,28). The monoisotopic (exact) mass is 396 g/mol. The molecule has 2 N–H and O–H groups in total. The van der Waals surface area contributed by atoms with Crippen LogP contribution in [0.15, 0.2) is 47.3 Å². The van der Waals surface area contributed by atoms with Crippen molar-refractivity contribution in [2.75, 3.05) is 16.8 Å². The van der Waals surface area contributed by atoms with Gasteiger partial charge >= 0.3 is 0 Å². The summed E-state index contributed by atoms with van der Waals surface area (Å²) in [5.41, 5.74) is 2.64. The van der Waals surface area contributed by atoms with Crippen molar-refractivity contribution >= 4 is 40.4 Å². The van der Waals surface area contributed by atoms with Crippen LogP contribution in [0.25, 0.3) is 10.9 Å². The zero-order chi connectivity index (χ0) is 20.4. The second-order valence-corrected chi connectivity index (χ2v) is 7.32. The normalized spacial score (nSPS) is 11.0. The molecular formula is C21H24N4O2S. The van der Waals surface area contributed by atoms with E-state index in [-0.39, 0.29) is 11.5 Å². The van der Waals surface area contributed by atoms with Crippen molar-refractivity contribution in [1.29, 1.82) is 0 Å². The maximum Gasteiger partial charge on any atom is 0.261 e. The van der Waals surface area contributed by atoms with Gasteiger partial charge < -0.3 is 15.2 Å². The second-order valence-electron chi connectivity index (χ2n) is 6.94. The number of rotatable bonds is 5. The Morgan fingerprint density at radius 2 is 1.89 bits per heavy atom. The van der Waals surface area contributed by atoms with Crippen LogP contribution in [0.3, 0.4) is 0 Å². The molecule has 28 heavy (non-hydrogen) atoms. The van der Waals surface area contributed by atoms with Crippen LogP contribution in [0.5, 0.6) is 0 Å². The van der Waals surface area contributed by atoms with Gasteiger partial charge in [-0.15, -0.1) is 0 Å². The highest BCUT2D eigenvalue weighted by atomic mass is 32.1. The average molecular weight is 397 g/mol. The number of carbonyl (C=O) groups excluding carboxylic acids is 1. The van der Waals surface area contributed by atoms with Gasteiger partial charge in [-0.3, -0.25) is 14.2 Å². The van der Waals surface area contributed by atoms with Gasteiger partial charge in [0, 0.05) is 36.6 Å². The minimum Gasteiger partial charge on any atom is -0.369 e. The van der Waals surface area contributed by atoms with E-state index in [1.807, 2.05) is 24.3 Å². The van der Waals surface area contributed by atoms with E-state index in [9.17, 15) is 9.59 Å². The maximum absolute atomic E-state index is 12.6. The Morgan fingerprint density at radius 1 is 1.21 bits per heavy atom. The number of fused-ring (bicyclic) bond motifs is 1. The van der Waals surface area contributed by atoms with Crippen molar-refractivity contribution in [2.45, 2.75) is 26.8 Å². The molecule has 0 saturated carbocycles. The van der Waals surface area contributed by atoms with Gasteiger partial charge in [-0.05, 0) is 75.5 Å². The first-order valence-electron chi connectivity index (χ1n) is 9.23. The summed E-state index contributed by atoms with van der Waals surface area (Å²) in [6, 6.07) is 13.1. The molecule has 6 nitrogen and oxygen atoms in total. The first-order chi connectivity index (χ1) is 13.3. The Kier molecular flexibility index (Phi) is 5.65. The van der Waals surface area contributed by atoms with Crippen molar-refractivity contribution in [3.63, 3.8) is 0 Å². The van der Waals surface area contributed by atoms with Crippen LogP contribution in [0, 0.1) is 4.77 Å². The summed E-state index contributed by atoms with van der Waals surface area (Å²) in [4.78, 5) is 30.1. The van der Waals surface area contributed by atoms with Crippen LogP contribution in [0.4, 0.5) is 11.4 Å². The Morgan fingerprint density at radius 3 is 2.50 bits per heavy atom. The van der Waals surface area contributed by atoms with Gasteiger partial charge in [-0.1, -0.05) is 0 Å². The third-order valence-corrected chi connectivity index (χ3v) is 5.16. The third-order valence-electron chi connectivity index (χ3n) is 4.78. The molecular weight excluding hydrogens is 372 g/mol.